The Morgan fingerprint density at radius 3 is 2.84 bits per heavy atom. The van der Waals surface area contributed by atoms with Gasteiger partial charge in [-0.3, -0.25) is 0 Å². The number of rotatable bonds is 5. The molecule has 8 heteroatoms. The summed E-state index contributed by atoms with van der Waals surface area (Å²) in [6, 6.07) is 4.87. The molecule has 0 radical (unpaired) electrons. The van der Waals surface area contributed by atoms with Gasteiger partial charge < -0.3 is 4.52 Å². The Labute approximate surface area is 119 Å². The fourth-order valence-electron chi connectivity index (χ4n) is 1.47. The second-order valence-corrected chi connectivity index (χ2v) is 6.52. The minimum Gasteiger partial charge on any atom is -0.340 e. The third kappa shape index (κ3) is 3.62. The van der Waals surface area contributed by atoms with E-state index >= 15 is 0 Å². The Morgan fingerprint density at radius 2 is 2.21 bits per heavy atom. The molecule has 2 aromatic rings. The molecule has 0 atom stereocenters. The van der Waals surface area contributed by atoms with Crippen LogP contribution in [0.2, 0.25) is 0 Å². The van der Waals surface area contributed by atoms with Crippen LogP contribution in [-0.4, -0.2) is 25.1 Å². The number of hydrogen-bond donors (Lipinski definition) is 1. The average Bonchev–Trinajstić information content (AvgIpc) is 2.85. The Balaban J connectivity index is 2.03. The molecule has 0 bridgehead atoms. The number of benzene rings is 1. The van der Waals surface area contributed by atoms with Crippen LogP contribution in [0.3, 0.4) is 0 Å². The van der Waals surface area contributed by atoms with Crippen LogP contribution >= 0.6 is 15.9 Å². The summed E-state index contributed by atoms with van der Waals surface area (Å²) in [6.07, 6.45) is 1.64. The Morgan fingerprint density at radius 1 is 1.42 bits per heavy atom. The zero-order valence-corrected chi connectivity index (χ0v) is 12.5. The lowest BCUT2D eigenvalue weighted by atomic mass is 10.2. The van der Waals surface area contributed by atoms with Gasteiger partial charge in [0.25, 0.3) is 0 Å². The van der Waals surface area contributed by atoms with Crippen LogP contribution in [0.1, 0.15) is 11.5 Å². The van der Waals surface area contributed by atoms with E-state index < -0.39 is 10.0 Å². The van der Waals surface area contributed by atoms with Crippen LogP contribution in [0.4, 0.5) is 0 Å². The molecule has 0 aliphatic carbocycles. The number of nitrogens with one attached hydrogen (secondary N) is 1. The predicted octanol–water partition coefficient (Wildman–Crippen LogP) is 1.66. The van der Waals surface area contributed by atoms with E-state index in [-0.39, 0.29) is 11.4 Å². The zero-order chi connectivity index (χ0) is 13.9. The Kier molecular flexibility index (Phi) is 4.33. The molecule has 102 valence electrons. The van der Waals surface area contributed by atoms with Crippen molar-refractivity contribution < 1.29 is 12.9 Å². The highest BCUT2D eigenvalue weighted by Crippen LogP contribution is 2.19. The summed E-state index contributed by atoms with van der Waals surface area (Å²) in [5, 5.41) is 3.45. The third-order valence-electron chi connectivity index (χ3n) is 2.48. The van der Waals surface area contributed by atoms with E-state index in [9.17, 15) is 8.42 Å². The summed E-state index contributed by atoms with van der Waals surface area (Å²) < 4.78 is 32.2. The van der Waals surface area contributed by atoms with Gasteiger partial charge in [-0.25, -0.2) is 13.1 Å². The van der Waals surface area contributed by atoms with Gasteiger partial charge in [0.15, 0.2) is 6.33 Å². The summed E-state index contributed by atoms with van der Waals surface area (Å²) in [5.74, 6) is 0.398. The van der Waals surface area contributed by atoms with Gasteiger partial charge in [0.05, 0.1) is 4.90 Å². The summed E-state index contributed by atoms with van der Waals surface area (Å²) in [6.45, 7) is 2.04. The third-order valence-corrected chi connectivity index (χ3v) is 4.83. The summed E-state index contributed by atoms with van der Waals surface area (Å²) >= 11 is 3.33. The molecule has 19 heavy (non-hydrogen) atoms. The molecule has 0 saturated carbocycles. The number of hydrogen-bond acceptors (Lipinski definition) is 5. The molecule has 0 amide bonds. The van der Waals surface area contributed by atoms with Gasteiger partial charge in [-0.05, 0) is 30.7 Å². The maximum atomic E-state index is 12.0. The van der Waals surface area contributed by atoms with Crippen LogP contribution in [-0.2, 0) is 16.4 Å². The first-order valence-corrected chi connectivity index (χ1v) is 7.78. The summed E-state index contributed by atoms with van der Waals surface area (Å²) in [5.41, 5.74) is 0.861. The molecule has 0 unspecified atom stereocenters. The molecule has 1 aromatic heterocycles. The topological polar surface area (TPSA) is 85.1 Å². The van der Waals surface area contributed by atoms with Gasteiger partial charge in [-0.2, -0.15) is 4.98 Å². The van der Waals surface area contributed by atoms with Crippen molar-refractivity contribution in [2.24, 2.45) is 0 Å². The summed E-state index contributed by atoms with van der Waals surface area (Å²) in [7, 11) is -3.51. The van der Waals surface area contributed by atoms with Gasteiger partial charge in [0.2, 0.25) is 15.9 Å². The first-order valence-electron chi connectivity index (χ1n) is 5.50. The van der Waals surface area contributed by atoms with Crippen molar-refractivity contribution in [3.8, 4) is 0 Å². The van der Waals surface area contributed by atoms with E-state index in [1.807, 2.05) is 6.92 Å². The quantitative estimate of drug-likeness (QED) is 0.890. The van der Waals surface area contributed by atoms with E-state index in [1.54, 1.807) is 18.2 Å². The molecule has 6 nitrogen and oxygen atoms in total. The monoisotopic (exact) mass is 345 g/mol. The maximum Gasteiger partial charge on any atom is 0.240 e. The second-order valence-electron chi connectivity index (χ2n) is 3.89. The molecule has 1 aromatic carbocycles. The predicted molar refractivity (Wildman–Crippen MR) is 72.1 cm³/mol. The molecular weight excluding hydrogens is 334 g/mol. The minimum atomic E-state index is -3.51. The standard InChI is InChI=1S/C11H12BrN3O3S/c1-8-6-9(2-3-10(8)12)19(16,17)15-5-4-11-13-7-14-18-11/h2-3,6-7,15H,4-5H2,1H3. The highest BCUT2D eigenvalue weighted by atomic mass is 79.9. The number of sulfonamides is 1. The smallest absolute Gasteiger partial charge is 0.240 e. The van der Waals surface area contributed by atoms with E-state index in [2.05, 4.69) is 30.8 Å². The molecule has 1 N–H and O–H groups in total. The molecule has 0 aliphatic rings. The molecule has 0 saturated heterocycles. The van der Waals surface area contributed by atoms with Crippen LogP contribution in [0.5, 0.6) is 0 Å². The van der Waals surface area contributed by atoms with E-state index in [1.165, 1.54) is 6.33 Å². The van der Waals surface area contributed by atoms with E-state index in [0.717, 1.165) is 10.0 Å². The fraction of sp³-hybridized carbons (Fsp3) is 0.273. The Hall–Kier alpha value is -1.25. The van der Waals surface area contributed by atoms with Crippen molar-refractivity contribution in [3.05, 3.63) is 40.5 Å². The van der Waals surface area contributed by atoms with Crippen LogP contribution in [0.25, 0.3) is 0 Å². The zero-order valence-electron chi connectivity index (χ0n) is 10.1. The second kappa shape index (κ2) is 5.81. The summed E-state index contributed by atoms with van der Waals surface area (Å²) in [4.78, 5) is 4.05. The van der Waals surface area contributed by atoms with E-state index in [4.69, 9.17) is 4.52 Å². The van der Waals surface area contributed by atoms with Crippen LogP contribution in [0.15, 0.2) is 38.4 Å². The van der Waals surface area contributed by atoms with Gasteiger partial charge >= 0.3 is 0 Å². The van der Waals surface area contributed by atoms with Crippen molar-refractivity contribution in [2.45, 2.75) is 18.2 Å². The van der Waals surface area contributed by atoms with Crippen LogP contribution in [0, 0.1) is 6.92 Å². The first kappa shape index (κ1) is 14.2. The SMILES string of the molecule is Cc1cc(S(=O)(=O)NCCc2ncno2)ccc1Br. The van der Waals surface area contributed by atoms with Crippen molar-refractivity contribution in [1.29, 1.82) is 0 Å². The molecule has 0 aliphatic heterocycles. The van der Waals surface area contributed by atoms with E-state index in [0.29, 0.717) is 12.3 Å². The van der Waals surface area contributed by atoms with Gasteiger partial charge in [0, 0.05) is 17.4 Å². The average molecular weight is 346 g/mol. The Bertz CT molecular complexity index is 656. The van der Waals surface area contributed by atoms with Crippen molar-refractivity contribution in [1.82, 2.24) is 14.9 Å². The lowest BCUT2D eigenvalue weighted by molar-refractivity contribution is 0.377. The number of nitrogens with zero attached hydrogens (tertiary/aromatic N) is 2. The number of halogens is 1. The highest BCUT2D eigenvalue weighted by Gasteiger charge is 2.14. The van der Waals surface area contributed by atoms with Gasteiger partial charge in [-0.15, -0.1) is 0 Å². The minimum absolute atomic E-state index is 0.208. The number of aryl methyl sites for hydroxylation is 1. The highest BCUT2D eigenvalue weighted by molar-refractivity contribution is 9.10. The molecule has 2 rings (SSSR count). The first-order chi connectivity index (χ1) is 8.99. The lowest BCUT2D eigenvalue weighted by Gasteiger charge is -2.07. The number of aromatic nitrogens is 2. The fourth-order valence-corrected chi connectivity index (χ4v) is 2.83. The largest absolute Gasteiger partial charge is 0.340 e. The molecule has 0 spiro atoms. The van der Waals surface area contributed by atoms with Crippen molar-refractivity contribution in [2.75, 3.05) is 6.54 Å². The van der Waals surface area contributed by atoms with Crippen LogP contribution < -0.4 is 4.72 Å². The van der Waals surface area contributed by atoms with Gasteiger partial charge in [-0.1, -0.05) is 21.1 Å². The normalized spacial score (nSPS) is 11.7. The van der Waals surface area contributed by atoms with Crippen molar-refractivity contribution >= 4 is 26.0 Å². The van der Waals surface area contributed by atoms with Gasteiger partial charge in [0.1, 0.15) is 0 Å². The molecule has 0 fully saturated rings. The molecular formula is C11H12BrN3O3S. The van der Waals surface area contributed by atoms with Crippen molar-refractivity contribution in [3.63, 3.8) is 0 Å². The maximum absolute atomic E-state index is 12.0. The lowest BCUT2D eigenvalue weighted by Crippen LogP contribution is -2.26. The molecule has 1 heterocycles.